The molecule has 3 rings (SSSR count). The molecule has 0 aliphatic carbocycles. The highest BCUT2D eigenvalue weighted by atomic mass is 79.9. The highest BCUT2D eigenvalue weighted by molar-refractivity contribution is 9.10. The Hall–Kier alpha value is -2.60. The number of rotatable bonds is 5. The van der Waals surface area contributed by atoms with Crippen LogP contribution in [0.25, 0.3) is 11.0 Å². The molecular formula is C20H20BrN3O2. The Morgan fingerprint density at radius 3 is 2.42 bits per heavy atom. The summed E-state index contributed by atoms with van der Waals surface area (Å²) in [6, 6.07) is 15.1. The third-order valence-corrected chi connectivity index (χ3v) is 4.71. The summed E-state index contributed by atoms with van der Waals surface area (Å²) in [5.41, 5.74) is 8.41. The second-order valence-electron chi connectivity index (χ2n) is 5.81. The number of halogens is 1. The first kappa shape index (κ1) is 18.2. The Kier molecular flexibility index (Phi) is 5.42. The van der Waals surface area contributed by atoms with Crippen LogP contribution in [0.5, 0.6) is 0 Å². The van der Waals surface area contributed by atoms with Crippen molar-refractivity contribution in [1.29, 1.82) is 0 Å². The fourth-order valence-electron chi connectivity index (χ4n) is 2.78. The SMILES string of the molecule is CCN(CC)c1ccc2cc(C(N)=O)c(=Nc3ccc(Br)cc3)oc2c1. The topological polar surface area (TPSA) is 71.8 Å². The lowest BCUT2D eigenvalue weighted by atomic mass is 10.1. The summed E-state index contributed by atoms with van der Waals surface area (Å²) in [4.78, 5) is 18.6. The van der Waals surface area contributed by atoms with Gasteiger partial charge in [-0.15, -0.1) is 0 Å². The zero-order chi connectivity index (χ0) is 18.7. The molecular weight excluding hydrogens is 394 g/mol. The monoisotopic (exact) mass is 413 g/mol. The number of benzene rings is 2. The molecule has 0 fully saturated rings. The van der Waals surface area contributed by atoms with Crippen molar-refractivity contribution in [2.24, 2.45) is 10.7 Å². The number of primary amides is 1. The molecule has 1 amide bonds. The van der Waals surface area contributed by atoms with Gasteiger partial charge in [-0.05, 0) is 56.3 Å². The number of anilines is 1. The minimum atomic E-state index is -0.570. The summed E-state index contributed by atoms with van der Waals surface area (Å²) in [6.45, 7) is 6.01. The Labute approximate surface area is 160 Å². The van der Waals surface area contributed by atoms with E-state index >= 15 is 0 Å². The highest BCUT2D eigenvalue weighted by Gasteiger charge is 2.11. The molecule has 0 saturated carbocycles. The van der Waals surface area contributed by atoms with Gasteiger partial charge in [0.15, 0.2) is 0 Å². The van der Waals surface area contributed by atoms with Crippen molar-refractivity contribution in [2.75, 3.05) is 18.0 Å². The van der Waals surface area contributed by atoms with E-state index in [1.807, 2.05) is 42.5 Å². The van der Waals surface area contributed by atoms with Gasteiger partial charge in [0.1, 0.15) is 11.1 Å². The smallest absolute Gasteiger partial charge is 0.254 e. The second-order valence-corrected chi connectivity index (χ2v) is 6.73. The van der Waals surface area contributed by atoms with Gasteiger partial charge in [0.2, 0.25) is 5.55 Å². The lowest BCUT2D eigenvalue weighted by Crippen LogP contribution is -2.22. The molecule has 0 unspecified atom stereocenters. The van der Waals surface area contributed by atoms with Crippen molar-refractivity contribution in [3.8, 4) is 0 Å². The third kappa shape index (κ3) is 3.80. The molecule has 26 heavy (non-hydrogen) atoms. The van der Waals surface area contributed by atoms with Crippen molar-refractivity contribution in [1.82, 2.24) is 0 Å². The molecule has 2 N–H and O–H groups in total. The molecule has 5 nitrogen and oxygen atoms in total. The molecule has 1 heterocycles. The lowest BCUT2D eigenvalue weighted by molar-refractivity contribution is 0.0996. The van der Waals surface area contributed by atoms with Crippen LogP contribution in [-0.4, -0.2) is 19.0 Å². The largest absolute Gasteiger partial charge is 0.437 e. The number of nitrogens with zero attached hydrogens (tertiary/aromatic N) is 2. The van der Waals surface area contributed by atoms with Gasteiger partial charge in [-0.3, -0.25) is 4.79 Å². The number of fused-ring (bicyclic) bond motifs is 1. The summed E-state index contributed by atoms with van der Waals surface area (Å²) in [5.74, 6) is -0.570. The number of hydrogen-bond acceptors (Lipinski definition) is 4. The van der Waals surface area contributed by atoms with Gasteiger partial charge in [-0.1, -0.05) is 15.9 Å². The van der Waals surface area contributed by atoms with E-state index in [-0.39, 0.29) is 11.1 Å². The molecule has 0 atom stereocenters. The number of carbonyl (C=O) groups excluding carboxylic acids is 1. The number of carbonyl (C=O) groups is 1. The molecule has 0 spiro atoms. The van der Waals surface area contributed by atoms with Crippen LogP contribution in [0.2, 0.25) is 0 Å². The van der Waals surface area contributed by atoms with Crippen molar-refractivity contribution in [3.05, 3.63) is 64.1 Å². The van der Waals surface area contributed by atoms with Crippen LogP contribution < -0.4 is 16.2 Å². The molecule has 134 valence electrons. The van der Waals surface area contributed by atoms with Crippen molar-refractivity contribution < 1.29 is 9.21 Å². The van der Waals surface area contributed by atoms with E-state index in [9.17, 15) is 4.79 Å². The summed E-state index contributed by atoms with van der Waals surface area (Å²) in [5, 5.41) is 0.810. The first-order chi connectivity index (χ1) is 12.5. The Morgan fingerprint density at radius 2 is 1.81 bits per heavy atom. The second kappa shape index (κ2) is 7.74. The summed E-state index contributed by atoms with van der Waals surface area (Å²) in [6.07, 6.45) is 0. The number of hydrogen-bond donors (Lipinski definition) is 1. The van der Waals surface area contributed by atoms with E-state index in [4.69, 9.17) is 10.2 Å². The predicted molar refractivity (Wildman–Crippen MR) is 108 cm³/mol. The molecule has 0 radical (unpaired) electrons. The molecule has 2 aromatic carbocycles. The molecule has 0 aliphatic rings. The van der Waals surface area contributed by atoms with E-state index in [0.29, 0.717) is 11.3 Å². The molecule has 0 saturated heterocycles. The van der Waals surface area contributed by atoms with Gasteiger partial charge in [0, 0.05) is 34.7 Å². The van der Waals surface area contributed by atoms with Crippen LogP contribution in [0.1, 0.15) is 24.2 Å². The molecule has 1 aromatic heterocycles. The predicted octanol–water partition coefficient (Wildman–Crippen LogP) is 4.37. The number of amides is 1. The van der Waals surface area contributed by atoms with Gasteiger partial charge in [0.25, 0.3) is 5.91 Å². The highest BCUT2D eigenvalue weighted by Crippen LogP contribution is 2.22. The average Bonchev–Trinajstić information content (AvgIpc) is 2.64. The van der Waals surface area contributed by atoms with E-state index in [2.05, 4.69) is 39.7 Å². The molecule has 3 aromatic rings. The van der Waals surface area contributed by atoms with Gasteiger partial charge in [-0.2, -0.15) is 0 Å². The molecule has 6 heteroatoms. The van der Waals surface area contributed by atoms with E-state index < -0.39 is 5.91 Å². The van der Waals surface area contributed by atoms with Crippen molar-refractivity contribution in [2.45, 2.75) is 13.8 Å². The van der Waals surface area contributed by atoms with Gasteiger partial charge < -0.3 is 15.1 Å². The molecule has 0 aliphatic heterocycles. The van der Waals surface area contributed by atoms with Gasteiger partial charge in [0.05, 0.1) is 5.69 Å². The third-order valence-electron chi connectivity index (χ3n) is 4.19. The van der Waals surface area contributed by atoms with E-state index in [1.54, 1.807) is 6.07 Å². The maximum atomic E-state index is 11.9. The van der Waals surface area contributed by atoms with E-state index in [1.165, 1.54) is 0 Å². The van der Waals surface area contributed by atoms with Gasteiger partial charge >= 0.3 is 0 Å². The fourth-order valence-corrected chi connectivity index (χ4v) is 3.05. The lowest BCUT2D eigenvalue weighted by Gasteiger charge is -2.21. The zero-order valence-electron chi connectivity index (χ0n) is 14.7. The minimum Gasteiger partial charge on any atom is -0.437 e. The Bertz CT molecular complexity index is 1010. The van der Waals surface area contributed by atoms with Crippen LogP contribution in [0.15, 0.2) is 62.4 Å². The zero-order valence-corrected chi connectivity index (χ0v) is 16.3. The van der Waals surface area contributed by atoms with Crippen molar-refractivity contribution >= 4 is 44.2 Å². The minimum absolute atomic E-state index is 0.212. The van der Waals surface area contributed by atoms with Crippen LogP contribution in [0.4, 0.5) is 11.4 Å². The maximum Gasteiger partial charge on any atom is 0.254 e. The fraction of sp³-hybridized carbons (Fsp3) is 0.200. The first-order valence-electron chi connectivity index (χ1n) is 8.44. The molecule has 0 bridgehead atoms. The Morgan fingerprint density at radius 1 is 1.12 bits per heavy atom. The first-order valence-corrected chi connectivity index (χ1v) is 9.24. The van der Waals surface area contributed by atoms with Crippen molar-refractivity contribution in [3.63, 3.8) is 0 Å². The summed E-state index contributed by atoms with van der Waals surface area (Å²) in [7, 11) is 0. The van der Waals surface area contributed by atoms with Crippen LogP contribution in [-0.2, 0) is 0 Å². The number of nitrogens with two attached hydrogens (primary N) is 1. The summed E-state index contributed by atoms with van der Waals surface area (Å²) < 4.78 is 6.91. The van der Waals surface area contributed by atoms with Crippen LogP contribution in [0, 0.1) is 0 Å². The summed E-state index contributed by atoms with van der Waals surface area (Å²) >= 11 is 3.39. The van der Waals surface area contributed by atoms with Crippen LogP contribution >= 0.6 is 15.9 Å². The standard InChI is InChI=1S/C20H20BrN3O2/c1-3-24(4-2)16-10-5-13-11-17(19(22)25)20(26-18(13)12-16)23-15-8-6-14(21)7-9-15/h5-12H,3-4H2,1-2H3,(H2,22,25). The van der Waals surface area contributed by atoms with Gasteiger partial charge in [-0.25, -0.2) is 4.99 Å². The normalized spacial score (nSPS) is 11.7. The van der Waals surface area contributed by atoms with E-state index in [0.717, 1.165) is 28.6 Å². The average molecular weight is 414 g/mol. The Balaban J connectivity index is 2.20. The quantitative estimate of drug-likeness (QED) is 0.674. The maximum absolute atomic E-state index is 11.9. The van der Waals surface area contributed by atoms with Crippen LogP contribution in [0.3, 0.4) is 0 Å².